The minimum Gasteiger partial charge on any atom is -0.388 e. The Morgan fingerprint density at radius 3 is 2.44 bits per heavy atom. The Kier molecular flexibility index (Phi) is 0.626. The van der Waals surface area contributed by atoms with Gasteiger partial charge >= 0.3 is 0 Å². The topological polar surface area (TPSA) is 20.2 Å². The van der Waals surface area contributed by atoms with E-state index < -0.39 is 0 Å². The number of fused-ring (bicyclic) bond motifs is 1. The highest BCUT2D eigenvalue weighted by Crippen LogP contribution is 2.78. The van der Waals surface area contributed by atoms with Crippen molar-refractivity contribution >= 4 is 15.9 Å². The maximum absolute atomic E-state index is 9.39. The summed E-state index contributed by atoms with van der Waals surface area (Å²) in [7, 11) is 0. The Balaban J connectivity index is 2.04. The normalized spacial score (nSPS) is 66.4. The zero-order valence-corrected chi connectivity index (χ0v) is 6.38. The largest absolute Gasteiger partial charge is 0.388 e. The first kappa shape index (κ1) is 4.91. The first-order valence-corrected chi connectivity index (χ1v) is 4.15. The van der Waals surface area contributed by atoms with E-state index in [1.54, 1.807) is 0 Å². The predicted octanol–water partition coefficient (Wildman–Crippen LogP) is 1.13. The highest BCUT2D eigenvalue weighted by molar-refractivity contribution is 9.11. The number of aliphatic hydroxyl groups is 1. The molecule has 0 radical (unpaired) electrons. The lowest BCUT2D eigenvalue weighted by molar-refractivity contribution is 0.154. The molecule has 2 fully saturated rings. The Labute approximate surface area is 61.9 Å². The van der Waals surface area contributed by atoms with Crippen LogP contribution in [0.3, 0.4) is 0 Å². The summed E-state index contributed by atoms with van der Waals surface area (Å²) in [6.07, 6.45) is 2.03. The summed E-state index contributed by atoms with van der Waals surface area (Å²) in [5, 5.41) is 9.39. The van der Waals surface area contributed by atoms with E-state index in [0.29, 0.717) is 5.92 Å². The third-order valence-corrected chi connectivity index (χ3v) is 3.67. The second-order valence-corrected chi connectivity index (χ2v) is 4.22. The second-order valence-electron chi connectivity index (χ2n) is 3.31. The first-order valence-electron chi connectivity index (χ1n) is 3.36. The van der Waals surface area contributed by atoms with Crippen molar-refractivity contribution in [3.8, 4) is 0 Å². The van der Waals surface area contributed by atoms with Gasteiger partial charge < -0.3 is 5.11 Å². The van der Waals surface area contributed by atoms with Crippen LogP contribution < -0.4 is 0 Å². The summed E-state index contributed by atoms with van der Waals surface area (Å²) in [5.41, 5.74) is 0. The van der Waals surface area contributed by atoms with E-state index in [2.05, 4.69) is 22.0 Å². The molecule has 3 atom stereocenters. The maximum Gasteiger partial charge on any atom is 0.0885 e. The van der Waals surface area contributed by atoms with E-state index in [4.69, 9.17) is 0 Å². The molecule has 1 nitrogen and oxygen atoms in total. The van der Waals surface area contributed by atoms with Gasteiger partial charge in [0.2, 0.25) is 0 Å². The average molecular weight is 187 g/mol. The van der Waals surface area contributed by atoms with Crippen LogP contribution in [-0.4, -0.2) is 11.2 Å². The van der Waals surface area contributed by atoms with E-state index in [9.17, 15) is 5.11 Å². The van der Waals surface area contributed by atoms with Crippen molar-refractivity contribution in [1.82, 2.24) is 0 Å². The Morgan fingerprint density at radius 1 is 1.33 bits per heavy atom. The van der Waals surface area contributed by atoms with Crippen LogP contribution in [0, 0.1) is 23.7 Å². The molecule has 3 unspecified atom stereocenters. The number of hydrogen-bond donors (Lipinski definition) is 1. The maximum atomic E-state index is 9.39. The molecule has 4 aliphatic rings. The van der Waals surface area contributed by atoms with E-state index in [-0.39, 0.29) is 6.10 Å². The SMILES string of the molecule is OC1C(Br)=CC2C3C1C23. The Hall–Kier alpha value is 0.180. The molecule has 4 aliphatic carbocycles. The van der Waals surface area contributed by atoms with E-state index in [1.165, 1.54) is 0 Å². The number of rotatable bonds is 0. The second kappa shape index (κ2) is 1.15. The zero-order valence-electron chi connectivity index (χ0n) is 4.79. The Morgan fingerprint density at radius 2 is 2.00 bits per heavy atom. The van der Waals surface area contributed by atoms with Crippen LogP contribution in [0.5, 0.6) is 0 Å². The summed E-state index contributed by atoms with van der Waals surface area (Å²) < 4.78 is 1.03. The van der Waals surface area contributed by atoms with E-state index in [0.717, 1.165) is 22.2 Å². The first-order chi connectivity index (χ1) is 4.30. The van der Waals surface area contributed by atoms with Gasteiger partial charge in [-0.05, 0) is 23.7 Å². The number of halogens is 1. The minimum absolute atomic E-state index is 0.148. The number of allylic oxidation sites excluding steroid dienone is 1. The molecule has 1 N–H and O–H groups in total. The standard InChI is InChI=1S/C7H7BrO/c8-3-1-2-4-5(2)6(4)7(3)9/h1-2,4-7,9H. The van der Waals surface area contributed by atoms with Crippen molar-refractivity contribution in [2.45, 2.75) is 6.10 Å². The molecule has 0 aromatic carbocycles. The molecule has 0 spiro atoms. The van der Waals surface area contributed by atoms with Crippen LogP contribution in [0.4, 0.5) is 0 Å². The molecule has 2 saturated carbocycles. The highest BCUT2D eigenvalue weighted by atomic mass is 79.9. The van der Waals surface area contributed by atoms with Crippen molar-refractivity contribution < 1.29 is 5.11 Å². The molecular weight excluding hydrogens is 180 g/mol. The van der Waals surface area contributed by atoms with Gasteiger partial charge in [-0.3, -0.25) is 0 Å². The van der Waals surface area contributed by atoms with Crippen molar-refractivity contribution in [1.29, 1.82) is 0 Å². The molecule has 48 valence electrons. The molecule has 0 heterocycles. The van der Waals surface area contributed by atoms with Crippen LogP contribution in [-0.2, 0) is 0 Å². The fraction of sp³-hybridized carbons (Fsp3) is 0.714. The predicted molar refractivity (Wildman–Crippen MR) is 37.0 cm³/mol. The van der Waals surface area contributed by atoms with Crippen LogP contribution in [0.25, 0.3) is 0 Å². The fourth-order valence-electron chi connectivity index (χ4n) is 2.25. The molecule has 0 aliphatic heterocycles. The lowest BCUT2D eigenvalue weighted by Gasteiger charge is -2.21. The summed E-state index contributed by atoms with van der Waals surface area (Å²) >= 11 is 3.35. The summed E-state index contributed by atoms with van der Waals surface area (Å²) in [6, 6.07) is 0. The van der Waals surface area contributed by atoms with Gasteiger partial charge in [-0.15, -0.1) is 0 Å². The van der Waals surface area contributed by atoms with Crippen LogP contribution in [0.2, 0.25) is 0 Å². The molecular formula is C7H7BrO. The van der Waals surface area contributed by atoms with Crippen LogP contribution in [0.15, 0.2) is 10.6 Å². The lowest BCUT2D eigenvalue weighted by Crippen LogP contribution is -2.22. The van der Waals surface area contributed by atoms with E-state index >= 15 is 0 Å². The molecule has 0 saturated heterocycles. The highest BCUT2D eigenvalue weighted by Gasteiger charge is 2.76. The smallest absolute Gasteiger partial charge is 0.0885 e. The molecule has 2 heteroatoms. The number of aliphatic hydroxyl groups excluding tert-OH is 1. The van der Waals surface area contributed by atoms with Crippen molar-refractivity contribution in [2.75, 3.05) is 0 Å². The summed E-state index contributed by atoms with van der Waals surface area (Å²) in [4.78, 5) is 0. The van der Waals surface area contributed by atoms with Gasteiger partial charge in [0.05, 0.1) is 6.10 Å². The summed E-state index contributed by atoms with van der Waals surface area (Å²) in [5.74, 6) is 3.28. The quantitative estimate of drug-likeness (QED) is 0.602. The van der Waals surface area contributed by atoms with E-state index in [1.807, 2.05) is 0 Å². The summed E-state index contributed by atoms with van der Waals surface area (Å²) in [6.45, 7) is 0. The van der Waals surface area contributed by atoms with Crippen molar-refractivity contribution in [2.24, 2.45) is 23.7 Å². The van der Waals surface area contributed by atoms with Gasteiger partial charge in [0, 0.05) is 4.48 Å². The molecule has 0 aromatic rings. The van der Waals surface area contributed by atoms with Crippen molar-refractivity contribution in [3.63, 3.8) is 0 Å². The molecule has 2 bridgehead atoms. The van der Waals surface area contributed by atoms with Gasteiger partial charge in [0.15, 0.2) is 0 Å². The van der Waals surface area contributed by atoms with Gasteiger partial charge in [-0.25, -0.2) is 0 Å². The average Bonchev–Trinajstić information content (AvgIpc) is 2.61. The minimum atomic E-state index is -0.148. The van der Waals surface area contributed by atoms with Gasteiger partial charge in [-0.1, -0.05) is 22.0 Å². The third-order valence-electron chi connectivity index (χ3n) is 2.94. The zero-order chi connectivity index (χ0) is 6.17. The third kappa shape index (κ3) is 0.393. The molecule has 0 aromatic heterocycles. The molecule has 0 amide bonds. The Bertz CT molecular complexity index is 201. The van der Waals surface area contributed by atoms with Crippen molar-refractivity contribution in [3.05, 3.63) is 10.6 Å². The fourth-order valence-corrected chi connectivity index (χ4v) is 2.86. The monoisotopic (exact) mass is 186 g/mol. The molecule has 9 heavy (non-hydrogen) atoms. The van der Waals surface area contributed by atoms with Gasteiger partial charge in [-0.2, -0.15) is 0 Å². The molecule has 4 rings (SSSR count). The number of hydrogen-bond acceptors (Lipinski definition) is 1. The lowest BCUT2D eigenvalue weighted by atomic mass is 9.93. The van der Waals surface area contributed by atoms with Gasteiger partial charge in [0.1, 0.15) is 0 Å². The van der Waals surface area contributed by atoms with Crippen LogP contribution >= 0.6 is 15.9 Å². The van der Waals surface area contributed by atoms with Gasteiger partial charge in [0.25, 0.3) is 0 Å². The van der Waals surface area contributed by atoms with Crippen LogP contribution in [0.1, 0.15) is 0 Å².